The normalized spacial score (nSPS) is 22.9. The van der Waals surface area contributed by atoms with E-state index in [9.17, 15) is 31.7 Å². The third-order valence-electron chi connectivity index (χ3n) is 5.52. The number of alkyl halides is 3. The number of halogens is 5. The van der Waals surface area contributed by atoms with Crippen molar-refractivity contribution in [2.24, 2.45) is 0 Å². The van der Waals surface area contributed by atoms with Crippen molar-refractivity contribution in [3.05, 3.63) is 59.2 Å². The second kappa shape index (κ2) is 9.47. The first kappa shape index (κ1) is 24.1. The fourth-order valence-corrected chi connectivity index (χ4v) is 4.66. The highest BCUT2D eigenvalue weighted by atomic mass is 32.2. The molecule has 2 aromatic rings. The minimum absolute atomic E-state index is 0.0365. The highest BCUT2D eigenvalue weighted by molar-refractivity contribution is 7.91. The van der Waals surface area contributed by atoms with Gasteiger partial charge in [0.1, 0.15) is 17.2 Å². The van der Waals surface area contributed by atoms with Gasteiger partial charge in [-0.25, -0.2) is 22.5 Å². The lowest BCUT2D eigenvalue weighted by atomic mass is 9.95. The van der Waals surface area contributed by atoms with Crippen LogP contribution in [-0.4, -0.2) is 49.8 Å². The lowest BCUT2D eigenvalue weighted by molar-refractivity contribution is -0.148. The third-order valence-corrected chi connectivity index (χ3v) is 6.81. The molecule has 1 aliphatic rings. The Balaban J connectivity index is 2.11. The lowest BCUT2D eigenvalue weighted by Gasteiger charge is -2.33. The number of likely N-dealkylation sites (tertiary alicyclic amines) is 1. The van der Waals surface area contributed by atoms with Gasteiger partial charge in [0.15, 0.2) is 0 Å². The average molecular weight is 522 g/mol. The molecule has 192 valence electrons. The quantitative estimate of drug-likeness (QED) is 0.495. The lowest BCUT2D eigenvalue weighted by Crippen LogP contribution is -2.53. The molecule has 12 heteroatoms. The van der Waals surface area contributed by atoms with Gasteiger partial charge in [-0.05, 0) is 62.4 Å². The molecule has 0 spiro atoms. The van der Waals surface area contributed by atoms with Gasteiger partial charge >= 0.3 is 5.51 Å². The molecule has 0 bridgehead atoms. The molecule has 0 aliphatic carbocycles. The van der Waals surface area contributed by atoms with Crippen LogP contribution in [0.15, 0.2) is 36.4 Å². The maximum atomic E-state index is 15.6. The standard InChI is InChI=1S/C23H26F5N3O3S/c1-13-9-15(11-16(24)10-13)17-6-4-5-14(20(17)25)12-19-18(30-35(29,34)23(26,27)28)7-8-31(19)21(32)22(2,3)33/h4-6,9-11,18-19,33H,7-8,12H2,1-3H3,(H2,29,30,34)/t18-,19-,35?/m0/s1/i8D2. The van der Waals surface area contributed by atoms with Crippen LogP contribution in [0.3, 0.4) is 0 Å². The van der Waals surface area contributed by atoms with Crippen molar-refractivity contribution in [1.82, 2.24) is 9.62 Å². The number of aryl methyl sites for hydroxylation is 1. The number of nitrogens with one attached hydrogen (secondary N) is 2. The number of benzene rings is 2. The van der Waals surface area contributed by atoms with Crippen molar-refractivity contribution in [3.63, 3.8) is 0 Å². The highest BCUT2D eigenvalue weighted by Gasteiger charge is 2.48. The molecular formula is C23H26F5N3O3S. The maximum Gasteiger partial charge on any atom is 0.492 e. The number of carbonyl (C=O) groups is 1. The van der Waals surface area contributed by atoms with E-state index in [0.29, 0.717) is 10.5 Å². The Kier molecular flexibility index (Phi) is 6.53. The first-order valence-corrected chi connectivity index (χ1v) is 12.0. The smallest absolute Gasteiger partial charge is 0.381 e. The van der Waals surface area contributed by atoms with Crippen molar-refractivity contribution >= 4 is 15.8 Å². The maximum absolute atomic E-state index is 15.6. The molecule has 1 unspecified atom stereocenters. The number of rotatable bonds is 6. The van der Waals surface area contributed by atoms with Crippen LogP contribution in [0.2, 0.25) is 0 Å². The summed E-state index contributed by atoms with van der Waals surface area (Å²) in [4.78, 5) is 13.5. The van der Waals surface area contributed by atoms with Crippen LogP contribution >= 0.6 is 0 Å². The Hall–Kier alpha value is -2.57. The SMILES string of the molecule is [2H]C1([2H])C[C@H](NS(=N)(=O)C(F)(F)F)[C@H](Cc2cccc(-c3cc(C)cc(F)c3)c2F)N1C(=O)C(C)(C)O. The summed E-state index contributed by atoms with van der Waals surface area (Å²) in [6, 6.07) is 4.63. The van der Waals surface area contributed by atoms with Gasteiger partial charge in [0.25, 0.3) is 5.91 Å². The Morgan fingerprint density at radius 2 is 1.94 bits per heavy atom. The molecule has 6 nitrogen and oxygen atoms in total. The second-order valence-corrected chi connectivity index (χ2v) is 10.7. The monoisotopic (exact) mass is 521 g/mol. The van der Waals surface area contributed by atoms with Crippen LogP contribution in [0.4, 0.5) is 22.0 Å². The second-order valence-electron chi connectivity index (χ2n) is 8.89. The summed E-state index contributed by atoms with van der Waals surface area (Å²) in [5.41, 5.74) is -7.14. The molecule has 1 amide bonds. The highest BCUT2D eigenvalue weighted by Crippen LogP contribution is 2.32. The van der Waals surface area contributed by atoms with Gasteiger partial charge in [-0.3, -0.25) is 4.79 Å². The van der Waals surface area contributed by atoms with Crippen molar-refractivity contribution < 1.29 is 38.8 Å². The zero-order valence-corrected chi connectivity index (χ0v) is 19.9. The largest absolute Gasteiger partial charge is 0.492 e. The summed E-state index contributed by atoms with van der Waals surface area (Å²) in [7, 11) is -5.46. The summed E-state index contributed by atoms with van der Waals surface area (Å²) < 4.78 is 107. The molecule has 2 aromatic carbocycles. The van der Waals surface area contributed by atoms with Crippen LogP contribution < -0.4 is 4.72 Å². The first-order chi connectivity index (χ1) is 16.7. The van der Waals surface area contributed by atoms with Crippen molar-refractivity contribution in [3.8, 4) is 11.1 Å². The van der Waals surface area contributed by atoms with Gasteiger partial charge in [-0.2, -0.15) is 13.2 Å². The molecule has 0 radical (unpaired) electrons. The summed E-state index contributed by atoms with van der Waals surface area (Å²) in [5, 5.41) is 10.2. The molecular weight excluding hydrogens is 493 g/mol. The summed E-state index contributed by atoms with van der Waals surface area (Å²) in [5.74, 6) is -2.68. The Bertz CT molecular complexity index is 1290. The van der Waals surface area contributed by atoms with Gasteiger partial charge < -0.3 is 10.0 Å². The van der Waals surface area contributed by atoms with Crippen LogP contribution in [0.1, 0.15) is 34.1 Å². The minimum atomic E-state index is -5.50. The number of hydrogen-bond acceptors (Lipinski definition) is 4. The van der Waals surface area contributed by atoms with Gasteiger partial charge in [0.2, 0.25) is 9.92 Å². The van der Waals surface area contributed by atoms with E-state index in [2.05, 4.69) is 0 Å². The fourth-order valence-electron chi connectivity index (χ4n) is 3.86. The predicted molar refractivity (Wildman–Crippen MR) is 120 cm³/mol. The number of hydrogen-bond donors (Lipinski definition) is 3. The van der Waals surface area contributed by atoms with Crippen LogP contribution in [0.5, 0.6) is 0 Å². The summed E-state index contributed by atoms with van der Waals surface area (Å²) in [6.07, 6.45) is -1.36. The van der Waals surface area contributed by atoms with Crippen molar-refractivity contribution in [2.75, 3.05) is 6.50 Å². The molecule has 1 aliphatic heterocycles. The Labute approximate surface area is 203 Å². The summed E-state index contributed by atoms with van der Waals surface area (Å²) >= 11 is 0. The molecule has 0 aromatic heterocycles. The molecule has 1 saturated heterocycles. The van der Waals surface area contributed by atoms with Crippen LogP contribution in [0, 0.1) is 23.3 Å². The molecule has 3 rings (SSSR count). The number of carbonyl (C=O) groups excluding carboxylic acids is 1. The topological polar surface area (TPSA) is 93.5 Å². The van der Waals surface area contributed by atoms with E-state index in [-0.39, 0.29) is 16.7 Å². The number of amides is 1. The zero-order chi connectivity index (χ0) is 28.1. The van der Waals surface area contributed by atoms with E-state index in [1.807, 2.05) is 0 Å². The molecule has 35 heavy (non-hydrogen) atoms. The van der Waals surface area contributed by atoms with E-state index in [1.54, 1.807) is 11.6 Å². The molecule has 3 atom stereocenters. The number of nitrogens with zero attached hydrogens (tertiary/aromatic N) is 1. The van der Waals surface area contributed by atoms with Gasteiger partial charge in [0, 0.05) is 20.8 Å². The fraction of sp³-hybridized carbons (Fsp3) is 0.435. The van der Waals surface area contributed by atoms with Crippen molar-refractivity contribution in [1.29, 1.82) is 4.78 Å². The van der Waals surface area contributed by atoms with Gasteiger partial charge in [-0.15, -0.1) is 0 Å². The minimum Gasteiger partial charge on any atom is -0.381 e. The average Bonchev–Trinajstić information content (AvgIpc) is 2.95. The van der Waals surface area contributed by atoms with E-state index >= 15 is 4.39 Å². The van der Waals surface area contributed by atoms with Gasteiger partial charge in [-0.1, -0.05) is 24.3 Å². The predicted octanol–water partition coefficient (Wildman–Crippen LogP) is 4.29. The number of aliphatic hydroxyl groups is 1. The van der Waals surface area contributed by atoms with E-state index in [1.165, 1.54) is 30.3 Å². The molecule has 3 N–H and O–H groups in total. The van der Waals surface area contributed by atoms with Crippen molar-refractivity contribution in [2.45, 2.75) is 56.8 Å². The van der Waals surface area contributed by atoms with E-state index in [0.717, 1.165) is 19.9 Å². The van der Waals surface area contributed by atoms with E-state index < -0.39 is 70.0 Å². The third kappa shape index (κ3) is 5.81. The molecule has 1 heterocycles. The van der Waals surface area contributed by atoms with Crippen LogP contribution in [0.25, 0.3) is 11.1 Å². The summed E-state index contributed by atoms with van der Waals surface area (Å²) in [6.45, 7) is 1.08. The molecule has 0 saturated carbocycles. The molecule has 1 fully saturated rings. The Morgan fingerprint density at radius 1 is 1.29 bits per heavy atom. The zero-order valence-electron chi connectivity index (χ0n) is 21.0. The van der Waals surface area contributed by atoms with Crippen LogP contribution in [-0.2, 0) is 21.1 Å². The van der Waals surface area contributed by atoms with Gasteiger partial charge in [0.05, 0.1) is 6.04 Å². The van der Waals surface area contributed by atoms with E-state index in [4.69, 9.17) is 7.52 Å². The first-order valence-electron chi connectivity index (χ1n) is 11.5. The Morgan fingerprint density at radius 3 is 2.51 bits per heavy atom.